The first-order valence-corrected chi connectivity index (χ1v) is 11.5. The first kappa shape index (κ1) is 22.1. The maximum Gasteiger partial charge on any atom is 0.337 e. The molecule has 0 saturated carbocycles. The van der Waals surface area contributed by atoms with Gasteiger partial charge >= 0.3 is 5.97 Å². The lowest BCUT2D eigenvalue weighted by Crippen LogP contribution is -2.31. The van der Waals surface area contributed by atoms with Crippen molar-refractivity contribution in [1.82, 2.24) is 4.98 Å². The summed E-state index contributed by atoms with van der Waals surface area (Å²) >= 11 is 12.3. The van der Waals surface area contributed by atoms with Gasteiger partial charge in [0.05, 0.1) is 40.4 Å². The van der Waals surface area contributed by atoms with Crippen molar-refractivity contribution in [2.45, 2.75) is 11.4 Å². The number of carbonyl (C=O) groups excluding carboxylic acids is 1. The monoisotopic (exact) mass is 490 g/mol. The highest BCUT2D eigenvalue weighted by Gasteiger charge is 2.28. The number of methoxy groups -OCH3 is 1. The minimum Gasteiger partial charge on any atom is -0.465 e. The van der Waals surface area contributed by atoms with Crippen LogP contribution in [0.15, 0.2) is 76.4 Å². The molecular formula is C22H16Cl2N2O5S. The van der Waals surface area contributed by atoms with Gasteiger partial charge < -0.3 is 9.15 Å². The zero-order valence-electron chi connectivity index (χ0n) is 16.7. The highest BCUT2D eigenvalue weighted by Crippen LogP contribution is 2.32. The standard InChI is InChI=1S/C22H16Cl2N2O5S/c1-30-22(27)15-3-5-18(6-4-15)32(28,29)26(21-19(24)11-17(23)12-25-21)13-14-2-7-20-16(10-14)8-9-31-20/h2-12H,13H2,1H3. The van der Waals surface area contributed by atoms with E-state index in [0.29, 0.717) is 11.1 Å². The van der Waals surface area contributed by atoms with Crippen LogP contribution >= 0.6 is 23.2 Å². The molecule has 0 radical (unpaired) electrons. The highest BCUT2D eigenvalue weighted by atomic mass is 35.5. The van der Waals surface area contributed by atoms with Crippen LogP contribution in [0.1, 0.15) is 15.9 Å². The molecule has 0 aliphatic carbocycles. The first-order chi connectivity index (χ1) is 15.3. The minimum atomic E-state index is -4.11. The van der Waals surface area contributed by atoms with Gasteiger partial charge in [-0.25, -0.2) is 22.5 Å². The van der Waals surface area contributed by atoms with E-state index in [0.717, 1.165) is 9.69 Å². The number of sulfonamides is 1. The number of nitrogens with zero attached hydrogens (tertiary/aromatic N) is 2. The van der Waals surface area contributed by atoms with Gasteiger partial charge in [-0.2, -0.15) is 0 Å². The molecule has 10 heteroatoms. The topological polar surface area (TPSA) is 89.7 Å². The van der Waals surface area contributed by atoms with E-state index in [-0.39, 0.29) is 32.9 Å². The average Bonchev–Trinajstić information content (AvgIpc) is 3.25. The maximum atomic E-state index is 13.6. The van der Waals surface area contributed by atoms with Crippen molar-refractivity contribution in [2.75, 3.05) is 11.4 Å². The van der Waals surface area contributed by atoms with Gasteiger partial charge in [0.2, 0.25) is 0 Å². The van der Waals surface area contributed by atoms with Gasteiger partial charge in [0.25, 0.3) is 10.0 Å². The van der Waals surface area contributed by atoms with Gasteiger partial charge in [-0.3, -0.25) is 0 Å². The van der Waals surface area contributed by atoms with Crippen molar-refractivity contribution in [2.24, 2.45) is 0 Å². The molecular weight excluding hydrogens is 475 g/mol. The summed E-state index contributed by atoms with van der Waals surface area (Å²) in [6.07, 6.45) is 2.88. The average molecular weight is 491 g/mol. The number of fused-ring (bicyclic) bond motifs is 1. The van der Waals surface area contributed by atoms with Crippen LogP contribution in [-0.2, 0) is 21.3 Å². The van der Waals surface area contributed by atoms with Crippen LogP contribution in [0.5, 0.6) is 0 Å². The van der Waals surface area contributed by atoms with Gasteiger partial charge in [-0.1, -0.05) is 29.3 Å². The summed E-state index contributed by atoms with van der Waals surface area (Å²) in [7, 11) is -2.86. The molecule has 0 amide bonds. The third kappa shape index (κ3) is 4.29. The third-order valence-electron chi connectivity index (χ3n) is 4.73. The van der Waals surface area contributed by atoms with Crippen molar-refractivity contribution < 1.29 is 22.4 Å². The van der Waals surface area contributed by atoms with Crippen LogP contribution in [0.25, 0.3) is 11.0 Å². The Kier molecular flexibility index (Phi) is 6.10. The summed E-state index contributed by atoms with van der Waals surface area (Å²) < 4.78 is 38.3. The molecule has 4 aromatic rings. The number of hydrogen-bond donors (Lipinski definition) is 0. The predicted molar refractivity (Wildman–Crippen MR) is 122 cm³/mol. The number of rotatable bonds is 6. The summed E-state index contributed by atoms with van der Waals surface area (Å²) in [5, 5.41) is 1.19. The van der Waals surface area contributed by atoms with Crippen molar-refractivity contribution in [1.29, 1.82) is 0 Å². The summed E-state index contributed by atoms with van der Waals surface area (Å²) in [4.78, 5) is 15.8. The zero-order chi connectivity index (χ0) is 22.9. The molecule has 0 atom stereocenters. The molecule has 164 valence electrons. The molecule has 0 bridgehead atoms. The quantitative estimate of drug-likeness (QED) is 0.340. The molecule has 0 aliphatic rings. The Balaban J connectivity index is 1.79. The number of aromatic nitrogens is 1. The lowest BCUT2D eigenvalue weighted by molar-refractivity contribution is 0.0600. The molecule has 2 heterocycles. The Morgan fingerprint density at radius 2 is 1.84 bits per heavy atom. The van der Waals surface area contributed by atoms with E-state index in [1.807, 2.05) is 6.07 Å². The number of anilines is 1. The fourth-order valence-corrected chi connectivity index (χ4v) is 5.11. The molecule has 2 aromatic carbocycles. The summed E-state index contributed by atoms with van der Waals surface area (Å²) in [5.74, 6) is -0.540. The molecule has 4 rings (SSSR count). The first-order valence-electron chi connectivity index (χ1n) is 9.28. The van der Waals surface area contributed by atoms with Gasteiger partial charge in [-0.05, 0) is 54.1 Å². The normalized spacial score (nSPS) is 11.5. The number of benzene rings is 2. The fourth-order valence-electron chi connectivity index (χ4n) is 3.15. The molecule has 0 unspecified atom stereocenters. The Morgan fingerprint density at radius 3 is 2.53 bits per heavy atom. The molecule has 0 saturated heterocycles. The summed E-state index contributed by atoms with van der Waals surface area (Å²) in [5.41, 5.74) is 1.61. The molecule has 0 N–H and O–H groups in total. The number of pyridine rings is 1. The number of furan rings is 1. The van der Waals surface area contributed by atoms with Crippen LogP contribution in [0.3, 0.4) is 0 Å². The van der Waals surface area contributed by atoms with Crippen molar-refractivity contribution >= 4 is 56.0 Å². The summed E-state index contributed by atoms with van der Waals surface area (Å²) in [6.45, 7) is -0.0451. The molecule has 32 heavy (non-hydrogen) atoms. The van der Waals surface area contributed by atoms with Crippen LogP contribution in [0.4, 0.5) is 5.82 Å². The largest absolute Gasteiger partial charge is 0.465 e. The Morgan fingerprint density at radius 1 is 1.09 bits per heavy atom. The van der Waals surface area contributed by atoms with Crippen molar-refractivity contribution in [3.63, 3.8) is 0 Å². The molecule has 0 aliphatic heterocycles. The van der Waals surface area contributed by atoms with E-state index in [1.165, 1.54) is 43.6 Å². The number of ether oxygens (including phenoxy) is 1. The second kappa shape index (κ2) is 8.82. The SMILES string of the molecule is COC(=O)c1ccc(S(=O)(=O)N(Cc2ccc3occc3c2)c2ncc(Cl)cc2Cl)cc1. The Bertz CT molecular complexity index is 1400. The Hall–Kier alpha value is -3.07. The molecule has 0 spiro atoms. The van der Waals surface area contributed by atoms with Crippen molar-refractivity contribution in [3.8, 4) is 0 Å². The number of halogens is 2. The number of esters is 1. The van der Waals surface area contributed by atoms with Gasteiger partial charge in [0.1, 0.15) is 5.58 Å². The van der Waals surface area contributed by atoms with Crippen LogP contribution in [-0.4, -0.2) is 26.5 Å². The van der Waals surface area contributed by atoms with Crippen LogP contribution in [0, 0.1) is 0 Å². The predicted octanol–water partition coefficient (Wildman–Crippen LogP) is 5.32. The molecule has 7 nitrogen and oxygen atoms in total. The molecule has 2 aromatic heterocycles. The lowest BCUT2D eigenvalue weighted by Gasteiger charge is -2.24. The van der Waals surface area contributed by atoms with E-state index < -0.39 is 16.0 Å². The lowest BCUT2D eigenvalue weighted by atomic mass is 10.1. The number of hydrogen-bond acceptors (Lipinski definition) is 6. The van der Waals surface area contributed by atoms with Crippen molar-refractivity contribution in [3.05, 3.63) is 88.2 Å². The van der Waals surface area contributed by atoms with Crippen LogP contribution in [0.2, 0.25) is 10.0 Å². The van der Waals surface area contributed by atoms with Gasteiger partial charge in [-0.15, -0.1) is 0 Å². The van der Waals surface area contributed by atoms with E-state index in [9.17, 15) is 13.2 Å². The minimum absolute atomic E-state index is 0.0281. The van der Waals surface area contributed by atoms with Crippen LogP contribution < -0.4 is 4.31 Å². The second-order valence-corrected chi connectivity index (χ2v) is 9.49. The molecule has 0 fully saturated rings. The van der Waals surface area contributed by atoms with E-state index >= 15 is 0 Å². The van der Waals surface area contributed by atoms with E-state index in [1.54, 1.807) is 24.5 Å². The Labute approximate surface area is 194 Å². The zero-order valence-corrected chi connectivity index (χ0v) is 19.0. The van der Waals surface area contributed by atoms with Gasteiger partial charge in [0, 0.05) is 11.6 Å². The van der Waals surface area contributed by atoms with Gasteiger partial charge in [0.15, 0.2) is 5.82 Å². The van der Waals surface area contributed by atoms with E-state index in [4.69, 9.17) is 27.6 Å². The maximum absolute atomic E-state index is 13.6. The second-order valence-electron chi connectivity index (χ2n) is 6.78. The number of carbonyl (C=O) groups is 1. The summed E-state index contributed by atoms with van der Waals surface area (Å²) in [6, 6.07) is 14.0. The van der Waals surface area contributed by atoms with E-state index in [2.05, 4.69) is 9.72 Å². The third-order valence-corrected chi connectivity index (χ3v) is 6.97. The fraction of sp³-hybridized carbons (Fsp3) is 0.0909. The smallest absolute Gasteiger partial charge is 0.337 e. The highest BCUT2D eigenvalue weighted by molar-refractivity contribution is 7.92.